The van der Waals surface area contributed by atoms with Crippen LogP contribution in [0.5, 0.6) is 0 Å². The van der Waals surface area contributed by atoms with Gasteiger partial charge in [0.25, 0.3) is 0 Å². The molecule has 43 heavy (non-hydrogen) atoms. The molecule has 0 aliphatic carbocycles. The number of hydrogen-bond donors (Lipinski definition) is 0. The Morgan fingerprint density at radius 3 is 1.30 bits per heavy atom. The molecule has 0 atom stereocenters. The third-order valence-electron chi connectivity index (χ3n) is 8.88. The Labute approximate surface area is 268 Å². The predicted molar refractivity (Wildman–Crippen MR) is 168 cm³/mol. The SMILES string of the molecule is CC(C)(C)c1cc2cc[c-]c(-n3ccc(C(C)(C)C(C)(C)c4ccn(-c5[c-]ccc6cc(C(C)(C)C)oc56)n4)n3)c2o1.[Pt+2]. The monoisotopic (exact) mass is 755 g/mol. The van der Waals surface area contributed by atoms with Gasteiger partial charge in [0.15, 0.2) is 0 Å². The zero-order valence-electron chi connectivity index (χ0n) is 26.7. The molecular formula is C36H40N4O2Pt. The van der Waals surface area contributed by atoms with Crippen LogP contribution in [0.4, 0.5) is 0 Å². The second kappa shape index (κ2) is 10.4. The van der Waals surface area contributed by atoms with E-state index in [0.717, 1.165) is 56.2 Å². The van der Waals surface area contributed by atoms with Gasteiger partial charge in [0.2, 0.25) is 0 Å². The standard InChI is InChI=1S/C36H40N4O2.Pt/c1-33(2,3)29-21-23-13-11-15-25(31(23)41-29)39-19-17-27(37-39)35(7,8)36(9,10)28-18-20-40(38-28)26-16-12-14-24-22-30(34(4,5)6)42-32(24)26;/h11-14,17-22H,1-10H3;/q-2;+2. The van der Waals surface area contributed by atoms with Gasteiger partial charge in [-0.3, -0.25) is 9.36 Å². The maximum absolute atomic E-state index is 6.33. The van der Waals surface area contributed by atoms with Gasteiger partial charge in [0.05, 0.1) is 22.9 Å². The van der Waals surface area contributed by atoms with Crippen molar-refractivity contribution in [3.8, 4) is 11.4 Å². The Balaban J connectivity index is 0.00000368. The van der Waals surface area contributed by atoms with Crippen molar-refractivity contribution in [2.45, 2.75) is 90.9 Å². The van der Waals surface area contributed by atoms with Crippen LogP contribution < -0.4 is 0 Å². The first-order valence-electron chi connectivity index (χ1n) is 14.6. The molecule has 0 fully saturated rings. The third kappa shape index (κ3) is 5.22. The molecule has 4 aromatic heterocycles. The van der Waals surface area contributed by atoms with Crippen molar-refractivity contribution in [2.24, 2.45) is 0 Å². The average Bonchev–Trinajstić information content (AvgIpc) is 3.71. The molecule has 6 nitrogen and oxygen atoms in total. The molecule has 0 aliphatic heterocycles. The summed E-state index contributed by atoms with van der Waals surface area (Å²) in [6.45, 7) is 21.8. The molecule has 0 unspecified atom stereocenters. The molecule has 226 valence electrons. The van der Waals surface area contributed by atoms with E-state index in [4.69, 9.17) is 19.0 Å². The zero-order chi connectivity index (χ0) is 30.2. The van der Waals surface area contributed by atoms with Gasteiger partial charge in [-0.15, -0.1) is 0 Å². The van der Waals surface area contributed by atoms with E-state index in [-0.39, 0.29) is 42.7 Å². The Kier molecular flexibility index (Phi) is 7.49. The maximum atomic E-state index is 6.33. The van der Waals surface area contributed by atoms with E-state index in [1.54, 1.807) is 0 Å². The van der Waals surface area contributed by atoms with Crippen molar-refractivity contribution in [3.63, 3.8) is 0 Å². The molecular weight excluding hydrogens is 716 g/mol. The van der Waals surface area contributed by atoms with Crippen molar-refractivity contribution in [1.29, 1.82) is 0 Å². The summed E-state index contributed by atoms with van der Waals surface area (Å²) < 4.78 is 16.4. The third-order valence-corrected chi connectivity index (χ3v) is 8.88. The van der Waals surface area contributed by atoms with Gasteiger partial charge in [-0.25, -0.2) is 0 Å². The van der Waals surface area contributed by atoms with Gasteiger partial charge in [-0.2, -0.15) is 46.6 Å². The van der Waals surface area contributed by atoms with Gasteiger partial charge in [-0.1, -0.05) is 80.0 Å². The minimum atomic E-state index is -0.356. The van der Waals surface area contributed by atoms with Crippen molar-refractivity contribution >= 4 is 21.9 Å². The average molecular weight is 756 g/mol. The van der Waals surface area contributed by atoms with E-state index in [9.17, 15) is 0 Å². The number of furan rings is 2. The van der Waals surface area contributed by atoms with Crippen LogP contribution in [0, 0.1) is 12.1 Å². The summed E-state index contributed by atoms with van der Waals surface area (Å²) in [6, 6.07) is 23.1. The first-order chi connectivity index (χ1) is 19.6. The molecule has 2 aromatic carbocycles. The predicted octanol–water partition coefficient (Wildman–Crippen LogP) is 9.00. The van der Waals surface area contributed by atoms with Crippen molar-refractivity contribution in [1.82, 2.24) is 19.6 Å². The van der Waals surface area contributed by atoms with E-state index in [1.165, 1.54) is 0 Å². The topological polar surface area (TPSA) is 61.9 Å². The minimum absolute atomic E-state index is 0. The van der Waals surface area contributed by atoms with E-state index >= 15 is 0 Å². The Morgan fingerprint density at radius 2 is 0.953 bits per heavy atom. The van der Waals surface area contributed by atoms with Gasteiger partial charge < -0.3 is 8.83 Å². The van der Waals surface area contributed by atoms with Crippen molar-refractivity contribution in [2.75, 3.05) is 0 Å². The molecule has 0 radical (unpaired) electrons. The van der Waals surface area contributed by atoms with Crippen LogP contribution in [0.25, 0.3) is 33.3 Å². The number of fused-ring (bicyclic) bond motifs is 2. The zero-order valence-corrected chi connectivity index (χ0v) is 29.0. The fraction of sp³-hybridized carbons (Fsp3) is 0.389. The van der Waals surface area contributed by atoms with Crippen molar-refractivity contribution in [3.05, 3.63) is 96.0 Å². The number of hydrogen-bond acceptors (Lipinski definition) is 4. The molecule has 6 aromatic rings. The van der Waals surface area contributed by atoms with Gasteiger partial charge in [-0.05, 0) is 35.6 Å². The number of aromatic nitrogens is 4. The van der Waals surface area contributed by atoms with Crippen LogP contribution in [-0.4, -0.2) is 19.6 Å². The summed E-state index contributed by atoms with van der Waals surface area (Å²) in [6.07, 6.45) is 3.99. The fourth-order valence-corrected chi connectivity index (χ4v) is 5.26. The molecule has 7 heteroatoms. The molecule has 4 heterocycles. The summed E-state index contributed by atoms with van der Waals surface area (Å²) in [4.78, 5) is 0. The molecule has 0 spiro atoms. The van der Waals surface area contributed by atoms with Gasteiger partial charge in [0.1, 0.15) is 0 Å². The summed E-state index contributed by atoms with van der Waals surface area (Å²) in [5, 5.41) is 12.2. The molecule has 6 rings (SSSR count). The number of rotatable bonds is 5. The van der Waals surface area contributed by atoms with Crippen LogP contribution in [0.2, 0.25) is 0 Å². The van der Waals surface area contributed by atoms with E-state index in [0.29, 0.717) is 0 Å². The summed E-state index contributed by atoms with van der Waals surface area (Å²) in [5.74, 6) is 1.89. The van der Waals surface area contributed by atoms with Crippen LogP contribution >= 0.6 is 0 Å². The van der Waals surface area contributed by atoms with Gasteiger partial charge >= 0.3 is 21.1 Å². The first kappa shape index (κ1) is 31.1. The van der Waals surface area contributed by atoms with Crippen LogP contribution in [0.15, 0.2) is 69.8 Å². The quantitative estimate of drug-likeness (QED) is 0.165. The molecule has 0 saturated carbocycles. The Bertz CT molecular complexity index is 1780. The minimum Gasteiger partial charge on any atom is -0.517 e. The largest absolute Gasteiger partial charge is 2.00 e. The van der Waals surface area contributed by atoms with Crippen LogP contribution in [-0.2, 0) is 42.7 Å². The van der Waals surface area contributed by atoms with Crippen LogP contribution in [0.1, 0.15) is 92.1 Å². The summed E-state index contributed by atoms with van der Waals surface area (Å²) in [5.41, 5.74) is 4.25. The maximum Gasteiger partial charge on any atom is 2.00 e. The molecule has 0 amide bonds. The summed E-state index contributed by atoms with van der Waals surface area (Å²) in [7, 11) is 0. The second-order valence-corrected chi connectivity index (χ2v) is 14.5. The van der Waals surface area contributed by atoms with E-state index in [1.807, 2.05) is 46.0 Å². The van der Waals surface area contributed by atoms with Crippen molar-refractivity contribution < 1.29 is 29.9 Å². The number of nitrogens with zero attached hydrogens (tertiary/aromatic N) is 4. The number of benzene rings is 2. The molecule has 0 aliphatic rings. The Hall–Kier alpha value is -3.37. The molecule has 0 bridgehead atoms. The summed E-state index contributed by atoms with van der Waals surface area (Å²) >= 11 is 0. The normalized spacial score (nSPS) is 13.2. The van der Waals surface area contributed by atoms with E-state index in [2.05, 4.69) is 106 Å². The van der Waals surface area contributed by atoms with E-state index < -0.39 is 0 Å². The van der Waals surface area contributed by atoms with Crippen LogP contribution in [0.3, 0.4) is 0 Å². The first-order valence-corrected chi connectivity index (χ1v) is 14.6. The smallest absolute Gasteiger partial charge is 0.517 e. The van der Waals surface area contributed by atoms with Gasteiger partial charge in [0, 0.05) is 45.2 Å². The second-order valence-electron chi connectivity index (χ2n) is 14.5. The fourth-order valence-electron chi connectivity index (χ4n) is 5.26. The molecule has 0 saturated heterocycles. The molecule has 0 N–H and O–H groups in total. The Morgan fingerprint density at radius 1 is 0.581 bits per heavy atom.